The van der Waals surface area contributed by atoms with Gasteiger partial charge >= 0.3 is 0 Å². The van der Waals surface area contributed by atoms with Crippen molar-refractivity contribution in [3.63, 3.8) is 0 Å². The first-order chi connectivity index (χ1) is 15.4. The van der Waals surface area contributed by atoms with Gasteiger partial charge in [-0.15, -0.1) is 0 Å². The van der Waals surface area contributed by atoms with Crippen LogP contribution in [0.15, 0.2) is 66.0 Å². The molecule has 0 aliphatic carbocycles. The number of hydrogen-bond donors (Lipinski definition) is 2. The van der Waals surface area contributed by atoms with Gasteiger partial charge in [-0.2, -0.15) is 5.10 Å². The molecule has 0 bridgehead atoms. The van der Waals surface area contributed by atoms with Gasteiger partial charge in [0.15, 0.2) is 5.82 Å². The molecule has 0 amide bonds. The van der Waals surface area contributed by atoms with Crippen molar-refractivity contribution in [3.8, 4) is 5.75 Å². The van der Waals surface area contributed by atoms with E-state index < -0.39 is 10.0 Å². The summed E-state index contributed by atoms with van der Waals surface area (Å²) in [5, 5.41) is 7.80. The highest BCUT2D eigenvalue weighted by Gasteiger charge is 2.33. The summed E-state index contributed by atoms with van der Waals surface area (Å²) in [4.78, 5) is 6.69. The summed E-state index contributed by atoms with van der Waals surface area (Å²) in [5.41, 5.74) is 2.10. The van der Waals surface area contributed by atoms with Crippen molar-refractivity contribution in [2.24, 2.45) is 0 Å². The third kappa shape index (κ3) is 3.66. The van der Waals surface area contributed by atoms with Gasteiger partial charge in [0.25, 0.3) is 10.0 Å². The van der Waals surface area contributed by atoms with E-state index in [9.17, 15) is 8.42 Å². The molecule has 2 N–H and O–H groups in total. The monoisotopic (exact) mass is 452 g/mol. The second-order valence-corrected chi connectivity index (χ2v) is 9.65. The van der Waals surface area contributed by atoms with Crippen molar-refractivity contribution in [2.45, 2.75) is 31.0 Å². The van der Waals surface area contributed by atoms with Gasteiger partial charge in [-0.1, -0.05) is 18.2 Å². The number of ether oxygens (including phenoxy) is 1. The first kappa shape index (κ1) is 20.4. The maximum atomic E-state index is 13.0. The number of hydrogen-bond acceptors (Lipinski definition) is 7. The van der Waals surface area contributed by atoms with Crippen LogP contribution in [0.25, 0.3) is 5.70 Å². The first-order valence-corrected chi connectivity index (χ1v) is 11.9. The molecule has 0 saturated heterocycles. The van der Waals surface area contributed by atoms with Crippen LogP contribution in [0.4, 0.5) is 5.69 Å². The molecule has 32 heavy (non-hydrogen) atoms. The van der Waals surface area contributed by atoms with Crippen LogP contribution in [0.3, 0.4) is 0 Å². The Morgan fingerprint density at radius 3 is 2.78 bits per heavy atom. The molecule has 9 nitrogen and oxygen atoms in total. The van der Waals surface area contributed by atoms with Gasteiger partial charge < -0.3 is 15.0 Å². The molecule has 1 unspecified atom stereocenters. The van der Waals surface area contributed by atoms with Crippen molar-refractivity contribution >= 4 is 21.4 Å². The Kier molecular flexibility index (Phi) is 5.01. The predicted octanol–water partition coefficient (Wildman–Crippen LogP) is 2.95. The minimum absolute atomic E-state index is 0.159. The average molecular weight is 453 g/mol. The van der Waals surface area contributed by atoms with Crippen LogP contribution in [0.1, 0.15) is 37.4 Å². The number of nitrogens with zero attached hydrogens (tertiary/aromatic N) is 4. The van der Waals surface area contributed by atoms with Crippen molar-refractivity contribution in [3.05, 3.63) is 72.4 Å². The zero-order valence-electron chi connectivity index (χ0n) is 17.8. The molecule has 166 valence electrons. The van der Waals surface area contributed by atoms with Crippen LogP contribution >= 0.6 is 0 Å². The molecule has 0 spiro atoms. The van der Waals surface area contributed by atoms with Crippen molar-refractivity contribution in [1.82, 2.24) is 25.0 Å². The number of rotatable bonds is 5. The Balaban J connectivity index is 1.48. The van der Waals surface area contributed by atoms with Gasteiger partial charge in [-0.05, 0) is 44.2 Å². The number of anilines is 1. The molecular weight excluding hydrogens is 428 g/mol. The molecule has 2 aliphatic rings. The smallest absolute Gasteiger partial charge is 0.261 e. The van der Waals surface area contributed by atoms with E-state index in [1.54, 1.807) is 48.8 Å². The molecule has 2 aromatic carbocycles. The Labute approximate surface area is 186 Å². The Morgan fingerprint density at radius 2 is 2.00 bits per heavy atom. The van der Waals surface area contributed by atoms with Crippen molar-refractivity contribution < 1.29 is 13.2 Å². The Hall–Kier alpha value is -3.53. The van der Waals surface area contributed by atoms with E-state index in [-0.39, 0.29) is 17.1 Å². The van der Waals surface area contributed by atoms with Gasteiger partial charge in [0, 0.05) is 23.5 Å². The van der Waals surface area contributed by atoms with E-state index in [1.165, 1.54) is 0 Å². The fourth-order valence-electron chi connectivity index (χ4n) is 3.92. The third-order valence-electron chi connectivity index (χ3n) is 5.44. The van der Waals surface area contributed by atoms with E-state index in [1.807, 2.05) is 30.8 Å². The molecule has 10 heteroatoms. The lowest BCUT2D eigenvalue weighted by molar-refractivity contribution is 0.248. The Bertz CT molecular complexity index is 1270. The number of para-hydroxylation sites is 1. The van der Waals surface area contributed by atoms with Crippen molar-refractivity contribution in [1.29, 1.82) is 0 Å². The number of benzene rings is 2. The zero-order valence-corrected chi connectivity index (χ0v) is 18.6. The molecule has 5 rings (SSSR count). The van der Waals surface area contributed by atoms with Gasteiger partial charge in [0.05, 0.1) is 17.1 Å². The highest BCUT2D eigenvalue weighted by Crippen LogP contribution is 2.37. The third-order valence-corrected chi connectivity index (χ3v) is 6.82. The lowest BCUT2D eigenvalue weighted by Gasteiger charge is -2.23. The number of nitrogens with one attached hydrogen (secondary N) is 2. The summed E-state index contributed by atoms with van der Waals surface area (Å²) in [6.07, 6.45) is 3.26. The molecular formula is C22H24N6O3S. The van der Waals surface area contributed by atoms with Gasteiger partial charge in [-0.25, -0.2) is 18.1 Å². The minimum Gasteiger partial charge on any atom is -0.491 e. The number of sulfonamides is 1. The Morgan fingerprint density at radius 1 is 1.19 bits per heavy atom. The SMILES string of the molecule is CC(C)n1ncnc1C1=CN2CCOc3ccc(S(=O)(=O)Nc4ccccc4)cc3C2N1. The van der Waals surface area contributed by atoms with E-state index in [4.69, 9.17) is 4.74 Å². The summed E-state index contributed by atoms with van der Waals surface area (Å²) in [5.74, 6) is 1.40. The lowest BCUT2D eigenvalue weighted by Crippen LogP contribution is -2.28. The fourth-order valence-corrected chi connectivity index (χ4v) is 5.01. The van der Waals surface area contributed by atoms with Crippen LogP contribution in [-0.2, 0) is 10.0 Å². The topological polar surface area (TPSA) is 101 Å². The van der Waals surface area contributed by atoms with E-state index >= 15 is 0 Å². The highest BCUT2D eigenvalue weighted by molar-refractivity contribution is 7.92. The molecule has 0 saturated carbocycles. The molecule has 0 fully saturated rings. The zero-order chi connectivity index (χ0) is 22.3. The molecule has 0 radical (unpaired) electrons. The summed E-state index contributed by atoms with van der Waals surface area (Å²) >= 11 is 0. The van der Waals surface area contributed by atoms with Crippen LogP contribution in [0, 0.1) is 0 Å². The van der Waals surface area contributed by atoms with Gasteiger partial charge in [0.2, 0.25) is 0 Å². The standard InChI is InChI=1S/C22H24N6O3S/c1-15(2)28-22(23-14-24-28)19-13-27-10-11-31-20-9-8-17(12-18(20)21(27)25-19)32(29,30)26-16-6-4-3-5-7-16/h3-9,12-15,21,25-26H,10-11H2,1-2H3. The molecule has 2 aliphatic heterocycles. The maximum Gasteiger partial charge on any atom is 0.261 e. The highest BCUT2D eigenvalue weighted by atomic mass is 32.2. The van der Waals surface area contributed by atoms with Gasteiger partial charge in [-0.3, -0.25) is 4.72 Å². The van der Waals surface area contributed by atoms with Crippen LogP contribution < -0.4 is 14.8 Å². The molecule has 3 heterocycles. The summed E-state index contributed by atoms with van der Waals surface area (Å²) in [6.45, 7) is 5.23. The summed E-state index contributed by atoms with van der Waals surface area (Å²) in [7, 11) is -3.76. The summed E-state index contributed by atoms with van der Waals surface area (Å²) < 4.78 is 36.4. The van der Waals surface area contributed by atoms with E-state index in [2.05, 4.69) is 25.0 Å². The average Bonchev–Trinajstić information content (AvgIpc) is 3.38. The van der Waals surface area contributed by atoms with Gasteiger partial charge in [0.1, 0.15) is 24.8 Å². The van der Waals surface area contributed by atoms with Crippen LogP contribution in [0.2, 0.25) is 0 Å². The predicted molar refractivity (Wildman–Crippen MR) is 120 cm³/mol. The quantitative estimate of drug-likeness (QED) is 0.614. The molecule has 1 aromatic heterocycles. The number of fused-ring (bicyclic) bond motifs is 3. The number of aromatic nitrogens is 3. The van der Waals surface area contributed by atoms with E-state index in [0.29, 0.717) is 24.6 Å². The normalized spacial score (nSPS) is 17.7. The van der Waals surface area contributed by atoms with E-state index in [0.717, 1.165) is 17.1 Å². The maximum absolute atomic E-state index is 13.0. The molecule has 1 atom stereocenters. The second-order valence-electron chi connectivity index (χ2n) is 7.97. The van der Waals surface area contributed by atoms with Crippen LogP contribution in [-0.4, -0.2) is 41.2 Å². The van der Waals surface area contributed by atoms with Crippen molar-refractivity contribution in [2.75, 3.05) is 17.9 Å². The second kappa shape index (κ2) is 7.86. The first-order valence-electron chi connectivity index (χ1n) is 10.4. The van der Waals surface area contributed by atoms with Crippen LogP contribution in [0.5, 0.6) is 5.75 Å². The lowest BCUT2D eigenvalue weighted by atomic mass is 10.1. The minimum atomic E-state index is -3.76. The largest absolute Gasteiger partial charge is 0.491 e. The molecule has 3 aromatic rings. The summed E-state index contributed by atoms with van der Waals surface area (Å²) in [6, 6.07) is 13.9. The fraction of sp³-hybridized carbons (Fsp3) is 0.273.